The monoisotopic (exact) mass is 345 g/mol. The summed E-state index contributed by atoms with van der Waals surface area (Å²) >= 11 is 0. The molecule has 0 saturated heterocycles. The number of nitrogens with one attached hydrogen (secondary N) is 1. The zero-order valence-corrected chi connectivity index (χ0v) is 14.1. The number of rotatable bonds is 6. The van der Waals surface area contributed by atoms with Gasteiger partial charge in [-0.15, -0.1) is 0 Å². The number of carbonyl (C=O) groups is 2. The van der Waals surface area contributed by atoms with Gasteiger partial charge in [0.1, 0.15) is 6.10 Å². The van der Waals surface area contributed by atoms with Gasteiger partial charge in [-0.25, -0.2) is 0 Å². The van der Waals surface area contributed by atoms with Gasteiger partial charge < -0.3 is 10.4 Å². The first-order valence-electron chi connectivity index (χ1n) is 8.35. The lowest BCUT2D eigenvalue weighted by Gasteiger charge is -2.13. The fourth-order valence-corrected chi connectivity index (χ4v) is 2.75. The topological polar surface area (TPSA) is 66.4 Å². The quantitative estimate of drug-likeness (QED) is 0.668. The zero-order chi connectivity index (χ0) is 18.4. The van der Waals surface area contributed by atoms with Crippen LogP contribution >= 0.6 is 0 Å². The van der Waals surface area contributed by atoms with Crippen LogP contribution in [0.5, 0.6) is 0 Å². The van der Waals surface area contributed by atoms with Gasteiger partial charge in [0.25, 0.3) is 0 Å². The maximum absolute atomic E-state index is 12.7. The number of ketones is 1. The molecule has 3 aromatic carbocycles. The van der Waals surface area contributed by atoms with E-state index in [9.17, 15) is 14.7 Å². The van der Waals surface area contributed by atoms with Gasteiger partial charge in [0.05, 0.1) is 6.42 Å². The lowest BCUT2D eigenvalue weighted by atomic mass is 9.94. The number of anilines is 1. The molecule has 0 bridgehead atoms. The minimum Gasteiger partial charge on any atom is -0.380 e. The Hall–Kier alpha value is -3.24. The highest BCUT2D eigenvalue weighted by atomic mass is 16.3. The molecule has 3 aromatic rings. The van der Waals surface area contributed by atoms with E-state index in [1.54, 1.807) is 60.7 Å². The number of carbonyl (C=O) groups excluding carboxylic acids is 2. The van der Waals surface area contributed by atoms with Crippen LogP contribution in [0.1, 0.15) is 27.6 Å². The second kappa shape index (κ2) is 8.23. The molecule has 1 amide bonds. The normalized spacial score (nSPS) is 11.6. The van der Waals surface area contributed by atoms with E-state index >= 15 is 0 Å². The number of aliphatic hydroxyl groups excluding tert-OH is 1. The Morgan fingerprint density at radius 1 is 0.808 bits per heavy atom. The van der Waals surface area contributed by atoms with Crippen molar-refractivity contribution < 1.29 is 14.7 Å². The molecule has 130 valence electrons. The third kappa shape index (κ3) is 4.23. The van der Waals surface area contributed by atoms with Gasteiger partial charge in [-0.2, -0.15) is 0 Å². The SMILES string of the molecule is O=C(Cc1ccccc1C(=O)C(O)c1ccccc1)Nc1ccccc1. The predicted molar refractivity (Wildman–Crippen MR) is 101 cm³/mol. The van der Waals surface area contributed by atoms with E-state index in [1.165, 1.54) is 0 Å². The summed E-state index contributed by atoms with van der Waals surface area (Å²) in [5, 5.41) is 13.2. The van der Waals surface area contributed by atoms with Crippen LogP contribution in [0.2, 0.25) is 0 Å². The first-order valence-corrected chi connectivity index (χ1v) is 8.35. The molecule has 0 aliphatic heterocycles. The van der Waals surface area contributed by atoms with Gasteiger partial charge in [0.15, 0.2) is 5.78 Å². The lowest BCUT2D eigenvalue weighted by molar-refractivity contribution is -0.115. The fraction of sp³-hybridized carbons (Fsp3) is 0.0909. The third-order valence-corrected chi connectivity index (χ3v) is 4.06. The van der Waals surface area contributed by atoms with E-state index in [4.69, 9.17) is 0 Å². The lowest BCUT2D eigenvalue weighted by Crippen LogP contribution is -2.19. The predicted octanol–water partition coefficient (Wildman–Crippen LogP) is 3.78. The van der Waals surface area contributed by atoms with E-state index in [1.807, 2.05) is 24.3 Å². The van der Waals surface area contributed by atoms with Crippen molar-refractivity contribution in [1.82, 2.24) is 0 Å². The van der Waals surface area contributed by atoms with Crippen molar-refractivity contribution >= 4 is 17.4 Å². The standard InChI is InChI=1S/C22H19NO3/c24-20(23-18-12-5-2-6-13-18)15-17-11-7-8-14-19(17)22(26)21(25)16-9-3-1-4-10-16/h1-14,21,25H,15H2,(H,23,24). The van der Waals surface area contributed by atoms with E-state index in [-0.39, 0.29) is 12.3 Å². The van der Waals surface area contributed by atoms with Crippen LogP contribution in [0.4, 0.5) is 5.69 Å². The number of hydrogen-bond acceptors (Lipinski definition) is 3. The molecule has 0 aromatic heterocycles. The van der Waals surface area contributed by atoms with Crippen LogP contribution in [0.15, 0.2) is 84.9 Å². The first-order chi connectivity index (χ1) is 12.6. The van der Waals surface area contributed by atoms with Crippen molar-refractivity contribution in [2.45, 2.75) is 12.5 Å². The molecular formula is C22H19NO3. The van der Waals surface area contributed by atoms with Gasteiger partial charge in [-0.05, 0) is 23.3 Å². The van der Waals surface area contributed by atoms with Gasteiger partial charge in [-0.3, -0.25) is 9.59 Å². The molecule has 26 heavy (non-hydrogen) atoms. The van der Waals surface area contributed by atoms with E-state index in [0.29, 0.717) is 22.4 Å². The summed E-state index contributed by atoms with van der Waals surface area (Å²) in [5.74, 6) is -0.634. The van der Waals surface area contributed by atoms with E-state index in [2.05, 4.69) is 5.32 Å². The highest BCUT2D eigenvalue weighted by Gasteiger charge is 2.22. The summed E-state index contributed by atoms with van der Waals surface area (Å²) in [7, 11) is 0. The molecule has 4 heteroatoms. The Morgan fingerprint density at radius 2 is 1.38 bits per heavy atom. The molecule has 3 rings (SSSR count). The van der Waals surface area contributed by atoms with Gasteiger partial charge >= 0.3 is 0 Å². The number of amides is 1. The number of para-hydroxylation sites is 1. The summed E-state index contributed by atoms with van der Waals surface area (Å²) in [6, 6.07) is 24.8. The summed E-state index contributed by atoms with van der Waals surface area (Å²) < 4.78 is 0. The summed E-state index contributed by atoms with van der Waals surface area (Å²) in [6.45, 7) is 0. The smallest absolute Gasteiger partial charge is 0.228 e. The first kappa shape index (κ1) is 17.6. The van der Waals surface area contributed by atoms with Gasteiger partial charge in [-0.1, -0.05) is 72.8 Å². The Morgan fingerprint density at radius 3 is 2.08 bits per heavy atom. The zero-order valence-electron chi connectivity index (χ0n) is 14.1. The molecule has 0 heterocycles. The average Bonchev–Trinajstić information content (AvgIpc) is 2.68. The molecule has 0 radical (unpaired) electrons. The van der Waals surface area contributed by atoms with Gasteiger partial charge in [0, 0.05) is 11.3 Å². The molecule has 1 atom stereocenters. The number of hydrogen-bond donors (Lipinski definition) is 2. The van der Waals surface area contributed by atoms with Crippen LogP contribution in [0.3, 0.4) is 0 Å². The number of Topliss-reactive ketones (excluding diaryl/α,β-unsaturated/α-hetero) is 1. The molecule has 0 aliphatic carbocycles. The van der Waals surface area contributed by atoms with Crippen molar-refractivity contribution in [2.75, 3.05) is 5.32 Å². The Labute approximate surface area is 152 Å². The molecule has 2 N–H and O–H groups in total. The molecular weight excluding hydrogens is 326 g/mol. The van der Waals surface area contributed by atoms with Crippen molar-refractivity contribution in [2.24, 2.45) is 0 Å². The summed E-state index contributed by atoms with van der Waals surface area (Å²) in [6.07, 6.45) is -1.20. The molecule has 4 nitrogen and oxygen atoms in total. The van der Waals surface area contributed by atoms with Crippen molar-refractivity contribution in [3.05, 3.63) is 102 Å². The minimum absolute atomic E-state index is 0.0539. The van der Waals surface area contributed by atoms with Crippen LogP contribution < -0.4 is 5.32 Å². The Kier molecular flexibility index (Phi) is 5.56. The fourth-order valence-electron chi connectivity index (χ4n) is 2.75. The summed E-state index contributed by atoms with van der Waals surface area (Å²) in [4.78, 5) is 25.0. The van der Waals surface area contributed by atoms with Crippen molar-refractivity contribution in [3.63, 3.8) is 0 Å². The Bertz CT molecular complexity index is 892. The number of aliphatic hydroxyl groups is 1. The number of benzene rings is 3. The van der Waals surface area contributed by atoms with Crippen molar-refractivity contribution in [1.29, 1.82) is 0 Å². The van der Waals surface area contributed by atoms with Crippen LogP contribution in [0.25, 0.3) is 0 Å². The second-order valence-corrected chi connectivity index (χ2v) is 5.93. The van der Waals surface area contributed by atoms with Crippen LogP contribution in [-0.4, -0.2) is 16.8 Å². The van der Waals surface area contributed by atoms with Crippen LogP contribution in [-0.2, 0) is 11.2 Å². The molecule has 0 saturated carbocycles. The molecule has 0 fully saturated rings. The largest absolute Gasteiger partial charge is 0.380 e. The average molecular weight is 345 g/mol. The minimum atomic E-state index is -1.26. The van der Waals surface area contributed by atoms with Crippen molar-refractivity contribution in [3.8, 4) is 0 Å². The second-order valence-electron chi connectivity index (χ2n) is 5.93. The maximum atomic E-state index is 12.7. The molecule has 0 aliphatic rings. The Balaban J connectivity index is 1.77. The van der Waals surface area contributed by atoms with Gasteiger partial charge in [0.2, 0.25) is 5.91 Å². The van der Waals surface area contributed by atoms with E-state index in [0.717, 1.165) is 0 Å². The van der Waals surface area contributed by atoms with E-state index < -0.39 is 11.9 Å². The highest BCUT2D eigenvalue weighted by molar-refractivity contribution is 6.02. The third-order valence-electron chi connectivity index (χ3n) is 4.06. The maximum Gasteiger partial charge on any atom is 0.228 e. The highest BCUT2D eigenvalue weighted by Crippen LogP contribution is 2.21. The molecule has 1 unspecified atom stereocenters. The van der Waals surface area contributed by atoms with Crippen LogP contribution in [0, 0.1) is 0 Å². The summed E-state index contributed by atoms with van der Waals surface area (Å²) in [5.41, 5.74) is 2.17. The molecule has 0 spiro atoms.